The first-order valence-electron chi connectivity index (χ1n) is 7.18. The van der Waals surface area contributed by atoms with Crippen molar-refractivity contribution >= 4 is 33.2 Å². The molecular weight excluding hydrogens is 401 g/mol. The fraction of sp³-hybridized carbons (Fsp3) is 0.500. The lowest BCUT2D eigenvalue weighted by molar-refractivity contribution is -0.242. The molecule has 0 fully saturated rings. The summed E-state index contributed by atoms with van der Waals surface area (Å²) in [5.41, 5.74) is -3.99. The van der Waals surface area contributed by atoms with Crippen LogP contribution in [0.25, 0.3) is 0 Å². The number of nitrogens with one attached hydrogen (secondary N) is 2. The van der Waals surface area contributed by atoms with Gasteiger partial charge in [0.2, 0.25) is 15.6 Å². The van der Waals surface area contributed by atoms with Crippen LogP contribution in [0.5, 0.6) is 0 Å². The van der Waals surface area contributed by atoms with E-state index in [1.54, 1.807) is 0 Å². The summed E-state index contributed by atoms with van der Waals surface area (Å²) in [4.78, 5) is 11.4. The van der Waals surface area contributed by atoms with Crippen LogP contribution < -0.4 is 10.0 Å². The largest absolute Gasteiger partial charge is 0.426 e. The number of aliphatic hydroxyl groups excluding tert-OH is 1. The zero-order valence-corrected chi connectivity index (χ0v) is 15.6. The van der Waals surface area contributed by atoms with Gasteiger partial charge in [0.05, 0.1) is 22.2 Å². The van der Waals surface area contributed by atoms with E-state index in [2.05, 4.69) is 4.72 Å². The second kappa shape index (κ2) is 7.69. The SMILES string of the molecule is Cc1c(S(=O)(=O)N[C@@H](C)CO)ccc(NC(=O)[C@@](C)(O)C(F)(F)F)c1Cl. The van der Waals surface area contributed by atoms with E-state index in [1.807, 2.05) is 5.32 Å². The average Bonchev–Trinajstić information content (AvgIpc) is 2.49. The maximum atomic E-state index is 12.7. The highest BCUT2D eigenvalue weighted by Crippen LogP contribution is 2.34. The number of alkyl halides is 3. The van der Waals surface area contributed by atoms with Gasteiger partial charge in [0.1, 0.15) is 0 Å². The van der Waals surface area contributed by atoms with Crippen LogP contribution in [0.4, 0.5) is 18.9 Å². The Bertz CT molecular complexity index is 797. The molecular formula is C14H18ClF3N2O5S. The number of carbonyl (C=O) groups excluding carboxylic acids is 1. The average molecular weight is 419 g/mol. The molecule has 0 aromatic heterocycles. The van der Waals surface area contributed by atoms with Gasteiger partial charge in [-0.25, -0.2) is 13.1 Å². The number of hydrogen-bond donors (Lipinski definition) is 4. The third kappa shape index (κ3) is 4.65. The summed E-state index contributed by atoms with van der Waals surface area (Å²) in [5.74, 6) is -1.77. The molecule has 0 saturated heterocycles. The molecule has 1 aromatic rings. The zero-order chi connectivity index (χ0) is 20.5. The molecule has 12 heteroatoms. The van der Waals surface area contributed by atoms with Gasteiger partial charge in [0, 0.05) is 6.04 Å². The highest BCUT2D eigenvalue weighted by atomic mass is 35.5. The van der Waals surface area contributed by atoms with Gasteiger partial charge in [0.25, 0.3) is 5.91 Å². The van der Waals surface area contributed by atoms with E-state index in [0.717, 1.165) is 12.1 Å². The van der Waals surface area contributed by atoms with Crippen LogP contribution in [0, 0.1) is 6.92 Å². The first kappa shape index (κ1) is 22.6. The van der Waals surface area contributed by atoms with E-state index in [1.165, 1.54) is 13.8 Å². The van der Waals surface area contributed by atoms with Gasteiger partial charge in [0.15, 0.2) is 0 Å². The summed E-state index contributed by atoms with van der Waals surface area (Å²) >= 11 is 5.96. The third-order valence-corrected chi connectivity index (χ3v) is 5.72. The van der Waals surface area contributed by atoms with Crippen molar-refractivity contribution in [3.8, 4) is 0 Å². The van der Waals surface area contributed by atoms with Crippen LogP contribution in [0.1, 0.15) is 19.4 Å². The first-order valence-corrected chi connectivity index (χ1v) is 9.04. The molecule has 0 radical (unpaired) electrons. The van der Waals surface area contributed by atoms with Gasteiger partial charge in [-0.15, -0.1) is 0 Å². The van der Waals surface area contributed by atoms with E-state index < -0.39 is 40.4 Å². The highest BCUT2D eigenvalue weighted by molar-refractivity contribution is 7.89. The Labute approximate surface area is 153 Å². The number of benzene rings is 1. The molecule has 26 heavy (non-hydrogen) atoms. The highest BCUT2D eigenvalue weighted by Gasteiger charge is 2.55. The minimum absolute atomic E-state index is 0.0336. The molecule has 4 N–H and O–H groups in total. The van der Waals surface area contributed by atoms with Crippen molar-refractivity contribution in [1.82, 2.24) is 4.72 Å². The maximum absolute atomic E-state index is 12.7. The molecule has 0 heterocycles. The first-order chi connectivity index (χ1) is 11.6. The van der Waals surface area contributed by atoms with E-state index in [-0.39, 0.29) is 28.1 Å². The quantitative estimate of drug-likeness (QED) is 0.559. The Hall–Kier alpha value is -1.40. The lowest BCUT2D eigenvalue weighted by Gasteiger charge is -2.25. The monoisotopic (exact) mass is 418 g/mol. The van der Waals surface area contributed by atoms with Crippen molar-refractivity contribution in [3.63, 3.8) is 0 Å². The van der Waals surface area contributed by atoms with Crippen molar-refractivity contribution < 1.29 is 36.6 Å². The van der Waals surface area contributed by atoms with Gasteiger partial charge in [-0.2, -0.15) is 13.2 Å². The molecule has 2 atom stereocenters. The summed E-state index contributed by atoms with van der Waals surface area (Å²) in [6, 6.07) is 1.25. The lowest BCUT2D eigenvalue weighted by atomic mass is 10.1. The third-order valence-electron chi connectivity index (χ3n) is 3.50. The minimum Gasteiger partial charge on any atom is -0.395 e. The Kier molecular flexibility index (Phi) is 6.69. The minimum atomic E-state index is -5.22. The van der Waals surface area contributed by atoms with Gasteiger partial charge in [-0.05, 0) is 38.5 Å². The van der Waals surface area contributed by atoms with Crippen molar-refractivity contribution in [2.45, 2.75) is 43.5 Å². The summed E-state index contributed by atoms with van der Waals surface area (Å²) in [6.07, 6.45) is -5.22. The number of carbonyl (C=O) groups is 1. The van der Waals surface area contributed by atoms with Crippen LogP contribution in [-0.4, -0.2) is 49.0 Å². The summed E-state index contributed by atoms with van der Waals surface area (Å²) in [6.45, 7) is 2.54. The number of hydrogen-bond acceptors (Lipinski definition) is 5. The lowest BCUT2D eigenvalue weighted by Crippen LogP contribution is -2.52. The fourth-order valence-electron chi connectivity index (χ4n) is 1.79. The van der Waals surface area contributed by atoms with Crippen molar-refractivity contribution in [1.29, 1.82) is 0 Å². The molecule has 1 rings (SSSR count). The van der Waals surface area contributed by atoms with Gasteiger partial charge >= 0.3 is 6.18 Å². The molecule has 0 saturated carbocycles. The molecule has 1 amide bonds. The Balaban J connectivity index is 3.22. The van der Waals surface area contributed by atoms with Gasteiger partial charge < -0.3 is 15.5 Å². The van der Waals surface area contributed by atoms with Crippen LogP contribution in [-0.2, 0) is 14.8 Å². The van der Waals surface area contributed by atoms with Crippen LogP contribution in [0.15, 0.2) is 17.0 Å². The Morgan fingerprint density at radius 2 is 1.88 bits per heavy atom. The van der Waals surface area contributed by atoms with Crippen LogP contribution in [0.3, 0.4) is 0 Å². The predicted octanol–water partition coefficient (Wildman–Crippen LogP) is 1.56. The van der Waals surface area contributed by atoms with E-state index >= 15 is 0 Å². The Morgan fingerprint density at radius 1 is 1.35 bits per heavy atom. The molecule has 7 nitrogen and oxygen atoms in total. The van der Waals surface area contributed by atoms with Crippen molar-refractivity contribution in [3.05, 3.63) is 22.7 Å². The molecule has 0 aliphatic heterocycles. The van der Waals surface area contributed by atoms with E-state index in [9.17, 15) is 31.5 Å². The molecule has 148 valence electrons. The summed E-state index contributed by atoms with van der Waals surface area (Å²) in [5, 5.41) is 19.8. The number of anilines is 1. The smallest absolute Gasteiger partial charge is 0.395 e. The molecule has 0 spiro atoms. The fourth-order valence-corrected chi connectivity index (χ4v) is 3.55. The van der Waals surface area contributed by atoms with Gasteiger partial charge in [-0.3, -0.25) is 4.79 Å². The maximum Gasteiger partial charge on any atom is 0.426 e. The standard InChI is InChI=1S/C14H18ClF3N2O5S/c1-7(6-21)20-26(24,25)10-5-4-9(11(15)8(10)2)19-12(22)13(3,23)14(16,17)18/h4-5,7,20-21,23H,6H2,1-3H3,(H,19,22)/t7-,13+/m0/s1. The number of halogens is 4. The predicted molar refractivity (Wildman–Crippen MR) is 88.4 cm³/mol. The summed E-state index contributed by atoms with van der Waals surface area (Å²) < 4.78 is 64.7. The molecule has 0 unspecified atom stereocenters. The van der Waals surface area contributed by atoms with E-state index in [4.69, 9.17) is 16.7 Å². The number of rotatable bonds is 6. The Morgan fingerprint density at radius 3 is 2.35 bits per heavy atom. The second-order valence-corrected chi connectivity index (χ2v) is 7.84. The number of amides is 1. The normalized spacial score (nSPS) is 16.0. The van der Waals surface area contributed by atoms with Crippen molar-refractivity contribution in [2.75, 3.05) is 11.9 Å². The van der Waals surface area contributed by atoms with Crippen molar-refractivity contribution in [2.24, 2.45) is 0 Å². The van der Waals surface area contributed by atoms with Crippen LogP contribution >= 0.6 is 11.6 Å². The second-order valence-electron chi connectivity index (χ2n) is 5.78. The summed E-state index contributed by atoms with van der Waals surface area (Å²) in [7, 11) is -4.06. The van der Waals surface area contributed by atoms with Gasteiger partial charge in [-0.1, -0.05) is 11.6 Å². The molecule has 0 aliphatic carbocycles. The molecule has 0 aliphatic rings. The zero-order valence-electron chi connectivity index (χ0n) is 14.0. The molecule has 0 bridgehead atoms. The topological polar surface area (TPSA) is 116 Å². The molecule has 1 aromatic carbocycles. The number of sulfonamides is 1. The van der Waals surface area contributed by atoms with E-state index in [0.29, 0.717) is 0 Å². The van der Waals surface area contributed by atoms with Crippen LogP contribution in [0.2, 0.25) is 5.02 Å². The number of aliphatic hydroxyl groups is 2.